The number of halogens is 4. The highest BCUT2D eigenvalue weighted by Gasteiger charge is 2.28. The Bertz CT molecular complexity index is 661. The van der Waals surface area contributed by atoms with Crippen molar-refractivity contribution < 1.29 is 17.9 Å². The minimum Gasteiger partial charge on any atom is -0.497 e. The van der Waals surface area contributed by atoms with Crippen LogP contribution in [-0.4, -0.2) is 13.3 Å². The first-order chi connectivity index (χ1) is 10.4. The topological polar surface area (TPSA) is 9.23 Å². The molecule has 0 fully saturated rings. The SMILES string of the molecule is COc1ccc(/C=C/c2ccc(CC(F)(F)F)c(Cl)c2)cc1. The molecule has 0 aromatic heterocycles. The molecule has 0 radical (unpaired) electrons. The number of hydrogen-bond acceptors (Lipinski definition) is 1. The van der Waals surface area contributed by atoms with Gasteiger partial charge in [0.15, 0.2) is 0 Å². The van der Waals surface area contributed by atoms with E-state index < -0.39 is 12.6 Å². The van der Waals surface area contributed by atoms with E-state index in [1.165, 1.54) is 12.1 Å². The lowest BCUT2D eigenvalue weighted by Gasteiger charge is -2.08. The van der Waals surface area contributed by atoms with Crippen LogP contribution >= 0.6 is 11.6 Å². The minimum atomic E-state index is -4.26. The Kier molecular flexibility index (Phi) is 5.14. The van der Waals surface area contributed by atoms with E-state index in [-0.39, 0.29) is 10.6 Å². The van der Waals surface area contributed by atoms with Crippen molar-refractivity contribution in [3.8, 4) is 5.75 Å². The lowest BCUT2D eigenvalue weighted by Crippen LogP contribution is -2.11. The van der Waals surface area contributed by atoms with Gasteiger partial charge in [0, 0.05) is 5.02 Å². The van der Waals surface area contributed by atoms with Crippen LogP contribution in [0.5, 0.6) is 5.75 Å². The van der Waals surface area contributed by atoms with Crippen molar-refractivity contribution in [2.75, 3.05) is 7.11 Å². The third kappa shape index (κ3) is 4.81. The maximum absolute atomic E-state index is 12.4. The molecule has 2 aromatic carbocycles. The molecule has 0 bridgehead atoms. The van der Waals surface area contributed by atoms with Crippen LogP contribution in [0.3, 0.4) is 0 Å². The third-order valence-electron chi connectivity index (χ3n) is 3.05. The minimum absolute atomic E-state index is 0.0794. The second-order valence-corrected chi connectivity index (χ2v) is 5.16. The van der Waals surface area contributed by atoms with Gasteiger partial charge in [-0.25, -0.2) is 0 Å². The van der Waals surface area contributed by atoms with Gasteiger partial charge in [0.25, 0.3) is 0 Å². The maximum atomic E-state index is 12.4. The fourth-order valence-electron chi connectivity index (χ4n) is 1.93. The van der Waals surface area contributed by atoms with Crippen molar-refractivity contribution in [2.24, 2.45) is 0 Å². The van der Waals surface area contributed by atoms with Crippen molar-refractivity contribution in [1.82, 2.24) is 0 Å². The van der Waals surface area contributed by atoms with Crippen LogP contribution in [0.15, 0.2) is 42.5 Å². The van der Waals surface area contributed by atoms with Crippen molar-refractivity contribution in [2.45, 2.75) is 12.6 Å². The molecule has 0 N–H and O–H groups in total. The van der Waals surface area contributed by atoms with Crippen LogP contribution < -0.4 is 4.74 Å². The predicted octanol–water partition coefficient (Wildman–Crippen LogP) is 5.62. The first kappa shape index (κ1) is 16.4. The molecule has 0 aliphatic heterocycles. The molecule has 22 heavy (non-hydrogen) atoms. The molecule has 0 saturated carbocycles. The second kappa shape index (κ2) is 6.88. The van der Waals surface area contributed by atoms with Crippen LogP contribution in [0.1, 0.15) is 16.7 Å². The second-order valence-electron chi connectivity index (χ2n) is 4.75. The molecule has 0 aliphatic rings. The molecule has 116 valence electrons. The van der Waals surface area contributed by atoms with E-state index in [9.17, 15) is 13.2 Å². The van der Waals surface area contributed by atoms with Crippen LogP contribution in [0.2, 0.25) is 5.02 Å². The van der Waals surface area contributed by atoms with Gasteiger partial charge in [-0.3, -0.25) is 0 Å². The third-order valence-corrected chi connectivity index (χ3v) is 3.40. The smallest absolute Gasteiger partial charge is 0.393 e. The predicted molar refractivity (Wildman–Crippen MR) is 83.1 cm³/mol. The van der Waals surface area contributed by atoms with Gasteiger partial charge >= 0.3 is 6.18 Å². The zero-order chi connectivity index (χ0) is 16.2. The molecule has 1 nitrogen and oxygen atoms in total. The summed E-state index contributed by atoms with van der Waals surface area (Å²) in [6, 6.07) is 12.0. The molecule has 0 atom stereocenters. The van der Waals surface area contributed by atoms with E-state index in [1.54, 1.807) is 19.3 Å². The Morgan fingerprint density at radius 1 is 1.00 bits per heavy atom. The van der Waals surface area contributed by atoms with Crippen LogP contribution in [-0.2, 0) is 6.42 Å². The van der Waals surface area contributed by atoms with Crippen LogP contribution in [0, 0.1) is 0 Å². The van der Waals surface area contributed by atoms with Crippen LogP contribution in [0.4, 0.5) is 13.2 Å². The van der Waals surface area contributed by atoms with Gasteiger partial charge in [-0.1, -0.05) is 48.0 Å². The van der Waals surface area contributed by atoms with Crippen molar-refractivity contribution in [3.63, 3.8) is 0 Å². The molecular weight excluding hydrogens is 313 g/mol. The molecule has 0 amide bonds. The van der Waals surface area contributed by atoms with Crippen molar-refractivity contribution >= 4 is 23.8 Å². The Morgan fingerprint density at radius 3 is 2.14 bits per heavy atom. The van der Waals surface area contributed by atoms with Gasteiger partial charge in [-0.2, -0.15) is 13.2 Å². The van der Waals surface area contributed by atoms with Gasteiger partial charge < -0.3 is 4.74 Å². The molecular formula is C17H14ClF3O. The summed E-state index contributed by atoms with van der Waals surface area (Å²) in [5.74, 6) is 0.761. The molecule has 0 aliphatic carbocycles. The number of ether oxygens (including phenoxy) is 1. The van der Waals surface area contributed by atoms with E-state index in [2.05, 4.69) is 0 Å². The highest BCUT2D eigenvalue weighted by Crippen LogP contribution is 2.27. The number of rotatable bonds is 4. The lowest BCUT2D eigenvalue weighted by molar-refractivity contribution is -0.127. The monoisotopic (exact) mass is 326 g/mol. The van der Waals surface area contributed by atoms with E-state index in [4.69, 9.17) is 16.3 Å². The molecule has 0 saturated heterocycles. The molecule has 0 heterocycles. The van der Waals surface area contributed by atoms with Gasteiger partial charge in [-0.05, 0) is 34.9 Å². The quantitative estimate of drug-likeness (QED) is 0.662. The van der Waals surface area contributed by atoms with E-state index >= 15 is 0 Å². The zero-order valence-corrected chi connectivity index (χ0v) is 12.6. The standard InChI is InChI=1S/C17H14ClF3O/c1-22-15-8-5-12(6-9-15)2-3-13-4-7-14(16(18)10-13)11-17(19,20)21/h2-10H,11H2,1H3/b3-2+. The van der Waals surface area contributed by atoms with Gasteiger partial charge in [0.2, 0.25) is 0 Å². The van der Waals surface area contributed by atoms with E-state index in [0.29, 0.717) is 0 Å². The normalized spacial score (nSPS) is 11.9. The zero-order valence-electron chi connectivity index (χ0n) is 11.8. The summed E-state index contributed by atoms with van der Waals surface area (Å²) in [4.78, 5) is 0. The van der Waals surface area contributed by atoms with Gasteiger partial charge in [-0.15, -0.1) is 0 Å². The summed E-state index contributed by atoms with van der Waals surface area (Å²) in [6.07, 6.45) is -1.63. The molecule has 2 rings (SSSR count). The van der Waals surface area contributed by atoms with Crippen molar-refractivity contribution in [1.29, 1.82) is 0 Å². The first-order valence-corrected chi connectivity index (χ1v) is 6.92. The molecule has 5 heteroatoms. The first-order valence-electron chi connectivity index (χ1n) is 6.55. The van der Waals surface area contributed by atoms with Crippen LogP contribution in [0.25, 0.3) is 12.2 Å². The summed E-state index contributed by atoms with van der Waals surface area (Å²) in [7, 11) is 1.59. The maximum Gasteiger partial charge on any atom is 0.393 e. The molecule has 0 unspecified atom stereocenters. The largest absolute Gasteiger partial charge is 0.497 e. The number of alkyl halides is 3. The highest BCUT2D eigenvalue weighted by atomic mass is 35.5. The van der Waals surface area contributed by atoms with Gasteiger partial charge in [0.05, 0.1) is 13.5 Å². The summed E-state index contributed by atoms with van der Waals surface area (Å²) in [6.45, 7) is 0. The summed E-state index contributed by atoms with van der Waals surface area (Å²) >= 11 is 5.91. The average Bonchev–Trinajstić information content (AvgIpc) is 2.47. The summed E-state index contributed by atoms with van der Waals surface area (Å²) in [5, 5.41) is 0.120. The van der Waals surface area contributed by atoms with E-state index in [1.807, 2.05) is 30.3 Å². The lowest BCUT2D eigenvalue weighted by atomic mass is 10.1. The van der Waals surface area contributed by atoms with E-state index in [0.717, 1.165) is 16.9 Å². The fraction of sp³-hybridized carbons (Fsp3) is 0.176. The van der Waals surface area contributed by atoms with Crippen molar-refractivity contribution in [3.05, 3.63) is 64.2 Å². The molecule has 0 spiro atoms. The van der Waals surface area contributed by atoms with Gasteiger partial charge in [0.1, 0.15) is 5.75 Å². The Labute approximate surface area is 132 Å². The number of benzene rings is 2. The molecule has 2 aromatic rings. The Morgan fingerprint density at radius 2 is 1.59 bits per heavy atom. The summed E-state index contributed by atoms with van der Waals surface area (Å²) in [5.41, 5.74) is 1.78. The Balaban J connectivity index is 2.12. The highest BCUT2D eigenvalue weighted by molar-refractivity contribution is 6.31. The average molecular weight is 327 g/mol. The Hall–Kier alpha value is -1.94. The number of hydrogen-bond donors (Lipinski definition) is 0. The fourth-order valence-corrected chi connectivity index (χ4v) is 2.19. The summed E-state index contributed by atoms with van der Waals surface area (Å²) < 4.78 is 42.2. The number of methoxy groups -OCH3 is 1.